The minimum Gasteiger partial charge on any atom is -0.461 e. The van der Waals surface area contributed by atoms with Crippen LogP contribution in [0.15, 0.2) is 59.5 Å². The number of ether oxygens (including phenoxy) is 1. The molecular formula is C20H19N3O4. The molecule has 0 aliphatic rings. The van der Waals surface area contributed by atoms with Gasteiger partial charge in [0.05, 0.1) is 6.20 Å². The van der Waals surface area contributed by atoms with Crippen LogP contribution in [0.5, 0.6) is 0 Å². The van der Waals surface area contributed by atoms with E-state index in [1.54, 1.807) is 24.4 Å². The minimum absolute atomic E-state index is 0.0559. The van der Waals surface area contributed by atoms with E-state index in [2.05, 4.69) is 15.6 Å². The van der Waals surface area contributed by atoms with Crippen molar-refractivity contribution in [3.05, 3.63) is 66.2 Å². The Morgan fingerprint density at radius 2 is 1.89 bits per heavy atom. The lowest BCUT2D eigenvalue weighted by Crippen LogP contribution is -2.19. The number of carbonyl (C=O) groups excluding carboxylic acids is 2. The average molecular weight is 365 g/mol. The average Bonchev–Trinajstić information content (AvgIpc) is 3.14. The molecule has 0 bridgehead atoms. The molecule has 7 nitrogen and oxygen atoms in total. The van der Waals surface area contributed by atoms with Crippen molar-refractivity contribution in [1.82, 2.24) is 4.98 Å². The summed E-state index contributed by atoms with van der Waals surface area (Å²) in [5.74, 6) is 0.155. The minimum atomic E-state index is -0.394. The molecule has 2 aromatic carbocycles. The molecule has 1 aromatic heterocycles. The Hall–Kier alpha value is -3.61. The zero-order valence-electron chi connectivity index (χ0n) is 15.0. The number of rotatable bonds is 5. The molecular weight excluding hydrogens is 346 g/mol. The summed E-state index contributed by atoms with van der Waals surface area (Å²) >= 11 is 0. The summed E-state index contributed by atoms with van der Waals surface area (Å²) in [5, 5.41) is 5.55. The molecule has 0 saturated heterocycles. The zero-order chi connectivity index (χ0) is 19.2. The smallest absolute Gasteiger partial charge is 0.323 e. The maximum atomic E-state index is 12.2. The standard InChI is InChI=1S/C20H19N3O4/c1-13-4-3-5-16(8-13)22-20(25)23-17-6-7-18(19-10-21-12-27-19)15(9-17)11-26-14(2)24/h3-10,12H,11H2,1-2H3,(H2,22,23,25). The number of aryl methyl sites for hydroxylation is 1. The van der Waals surface area contributed by atoms with Crippen LogP contribution in [0.3, 0.4) is 0 Å². The Morgan fingerprint density at radius 1 is 1.11 bits per heavy atom. The fraction of sp³-hybridized carbons (Fsp3) is 0.150. The van der Waals surface area contributed by atoms with Gasteiger partial charge in [0.2, 0.25) is 0 Å². The van der Waals surface area contributed by atoms with Crippen molar-refractivity contribution in [3.8, 4) is 11.3 Å². The number of anilines is 2. The monoisotopic (exact) mass is 365 g/mol. The number of nitrogens with zero attached hydrogens (tertiary/aromatic N) is 1. The van der Waals surface area contributed by atoms with E-state index >= 15 is 0 Å². The molecule has 0 saturated carbocycles. The van der Waals surface area contributed by atoms with Crippen LogP contribution in [0, 0.1) is 6.92 Å². The second-order valence-electron chi connectivity index (χ2n) is 5.97. The van der Waals surface area contributed by atoms with Crippen LogP contribution in [-0.4, -0.2) is 17.0 Å². The topological polar surface area (TPSA) is 93.5 Å². The molecule has 1 heterocycles. The van der Waals surface area contributed by atoms with Crippen molar-refractivity contribution in [2.45, 2.75) is 20.5 Å². The van der Waals surface area contributed by atoms with Crippen LogP contribution < -0.4 is 10.6 Å². The van der Waals surface area contributed by atoms with Gasteiger partial charge >= 0.3 is 12.0 Å². The summed E-state index contributed by atoms with van der Waals surface area (Å²) in [6.07, 6.45) is 2.90. The van der Waals surface area contributed by atoms with E-state index in [0.717, 1.165) is 11.1 Å². The highest BCUT2D eigenvalue weighted by Gasteiger charge is 2.12. The molecule has 0 spiro atoms. The first-order chi connectivity index (χ1) is 13.0. The molecule has 7 heteroatoms. The SMILES string of the molecule is CC(=O)OCc1cc(NC(=O)Nc2cccc(C)c2)ccc1-c1cnco1. The summed E-state index contributed by atoms with van der Waals surface area (Å²) in [6.45, 7) is 3.35. The Balaban J connectivity index is 1.78. The number of oxazole rings is 1. The fourth-order valence-corrected chi connectivity index (χ4v) is 2.58. The van der Waals surface area contributed by atoms with Crippen LogP contribution in [0.1, 0.15) is 18.1 Å². The van der Waals surface area contributed by atoms with Crippen molar-refractivity contribution in [1.29, 1.82) is 0 Å². The normalized spacial score (nSPS) is 10.3. The quantitative estimate of drug-likeness (QED) is 0.655. The molecule has 27 heavy (non-hydrogen) atoms. The predicted molar refractivity (Wildman–Crippen MR) is 101 cm³/mol. The van der Waals surface area contributed by atoms with Crippen molar-refractivity contribution in [2.75, 3.05) is 10.6 Å². The van der Waals surface area contributed by atoms with Crippen LogP contribution in [0.2, 0.25) is 0 Å². The summed E-state index contributed by atoms with van der Waals surface area (Å²) in [7, 11) is 0. The van der Waals surface area contributed by atoms with Crippen LogP contribution in [0.4, 0.5) is 16.2 Å². The molecule has 3 aromatic rings. The van der Waals surface area contributed by atoms with Crippen LogP contribution in [-0.2, 0) is 16.1 Å². The molecule has 0 unspecified atom stereocenters. The molecule has 0 fully saturated rings. The van der Waals surface area contributed by atoms with Gasteiger partial charge in [-0.25, -0.2) is 9.78 Å². The molecule has 2 N–H and O–H groups in total. The van der Waals surface area contributed by atoms with Crippen LogP contribution >= 0.6 is 0 Å². The first kappa shape index (κ1) is 18.2. The van der Waals surface area contributed by atoms with Gasteiger partial charge in [0.25, 0.3) is 0 Å². The van der Waals surface area contributed by atoms with E-state index in [1.807, 2.05) is 31.2 Å². The van der Waals surface area contributed by atoms with Crippen molar-refractivity contribution < 1.29 is 18.7 Å². The summed E-state index contributed by atoms with van der Waals surface area (Å²) in [4.78, 5) is 27.3. The van der Waals surface area contributed by atoms with E-state index < -0.39 is 5.97 Å². The number of nitrogens with one attached hydrogen (secondary N) is 2. The van der Waals surface area contributed by atoms with Gasteiger partial charge in [0.15, 0.2) is 12.2 Å². The number of benzene rings is 2. The highest BCUT2D eigenvalue weighted by Crippen LogP contribution is 2.27. The molecule has 138 valence electrons. The maximum Gasteiger partial charge on any atom is 0.323 e. The molecule has 0 radical (unpaired) electrons. The largest absolute Gasteiger partial charge is 0.461 e. The number of amides is 2. The zero-order valence-corrected chi connectivity index (χ0v) is 15.0. The second-order valence-corrected chi connectivity index (χ2v) is 5.97. The van der Waals surface area contributed by atoms with E-state index in [0.29, 0.717) is 22.7 Å². The van der Waals surface area contributed by atoms with Gasteiger partial charge in [-0.1, -0.05) is 12.1 Å². The third-order valence-electron chi connectivity index (χ3n) is 3.77. The Bertz CT molecular complexity index is 952. The molecule has 2 amide bonds. The number of hydrogen-bond donors (Lipinski definition) is 2. The Labute approximate surface area is 156 Å². The lowest BCUT2D eigenvalue weighted by Gasteiger charge is -2.12. The summed E-state index contributed by atoms with van der Waals surface area (Å²) < 4.78 is 10.4. The molecule has 0 atom stereocenters. The third kappa shape index (κ3) is 4.94. The predicted octanol–water partition coefficient (Wildman–Crippen LogP) is 4.36. The lowest BCUT2D eigenvalue weighted by atomic mass is 10.1. The molecule has 0 aliphatic carbocycles. The number of urea groups is 1. The van der Waals surface area contributed by atoms with Gasteiger partial charge in [-0.2, -0.15) is 0 Å². The van der Waals surface area contributed by atoms with Gasteiger partial charge in [-0.15, -0.1) is 0 Å². The van der Waals surface area contributed by atoms with Gasteiger partial charge < -0.3 is 19.8 Å². The van der Waals surface area contributed by atoms with Gasteiger partial charge in [-0.05, 0) is 42.8 Å². The summed E-state index contributed by atoms with van der Waals surface area (Å²) in [6, 6.07) is 12.4. The lowest BCUT2D eigenvalue weighted by molar-refractivity contribution is -0.142. The van der Waals surface area contributed by atoms with Crippen molar-refractivity contribution >= 4 is 23.4 Å². The first-order valence-corrected chi connectivity index (χ1v) is 8.31. The molecule has 0 aliphatic heterocycles. The summed E-state index contributed by atoms with van der Waals surface area (Å²) in [5.41, 5.74) is 3.73. The number of aromatic nitrogens is 1. The fourth-order valence-electron chi connectivity index (χ4n) is 2.58. The second kappa shape index (κ2) is 8.18. The van der Waals surface area contributed by atoms with E-state index in [1.165, 1.54) is 13.3 Å². The van der Waals surface area contributed by atoms with Gasteiger partial charge in [-0.3, -0.25) is 4.79 Å². The highest BCUT2D eigenvalue weighted by molar-refractivity contribution is 6.00. The number of hydrogen-bond acceptors (Lipinski definition) is 5. The van der Waals surface area contributed by atoms with Crippen molar-refractivity contribution in [2.24, 2.45) is 0 Å². The third-order valence-corrected chi connectivity index (χ3v) is 3.77. The maximum absolute atomic E-state index is 12.2. The number of carbonyl (C=O) groups is 2. The van der Waals surface area contributed by atoms with E-state index in [9.17, 15) is 9.59 Å². The Morgan fingerprint density at radius 3 is 2.56 bits per heavy atom. The van der Waals surface area contributed by atoms with E-state index in [-0.39, 0.29) is 12.6 Å². The van der Waals surface area contributed by atoms with Crippen LogP contribution in [0.25, 0.3) is 11.3 Å². The van der Waals surface area contributed by atoms with Crippen molar-refractivity contribution in [3.63, 3.8) is 0 Å². The van der Waals surface area contributed by atoms with E-state index in [4.69, 9.17) is 9.15 Å². The van der Waals surface area contributed by atoms with Gasteiger partial charge in [0, 0.05) is 29.4 Å². The highest BCUT2D eigenvalue weighted by atomic mass is 16.5. The van der Waals surface area contributed by atoms with Gasteiger partial charge in [0.1, 0.15) is 6.61 Å². The Kier molecular flexibility index (Phi) is 5.51. The number of esters is 1. The molecule has 3 rings (SSSR count). The first-order valence-electron chi connectivity index (χ1n) is 8.31.